The second kappa shape index (κ2) is 7.07. The van der Waals surface area contributed by atoms with Crippen molar-refractivity contribution in [1.29, 1.82) is 0 Å². The van der Waals surface area contributed by atoms with E-state index in [9.17, 15) is 9.59 Å². The number of hydrogen-bond acceptors (Lipinski definition) is 3. The normalized spacial score (nSPS) is 10.0. The van der Waals surface area contributed by atoms with Gasteiger partial charge in [0.25, 0.3) is 0 Å². The molecule has 0 aromatic heterocycles. The largest absolute Gasteiger partial charge is 0.466 e. The number of Topliss-reactive ketones (excluding diaryl/α,β-unsaturated/α-hetero) is 1. The lowest BCUT2D eigenvalue weighted by atomic mass is 10.1. The Morgan fingerprint density at radius 2 is 1.82 bits per heavy atom. The van der Waals surface area contributed by atoms with Gasteiger partial charge in [-0.05, 0) is 37.6 Å². The van der Waals surface area contributed by atoms with E-state index in [4.69, 9.17) is 16.3 Å². The van der Waals surface area contributed by atoms with Gasteiger partial charge in [-0.3, -0.25) is 9.59 Å². The average Bonchev–Trinajstić information content (AvgIpc) is 2.30. The van der Waals surface area contributed by atoms with E-state index in [2.05, 4.69) is 0 Å². The second-order valence-corrected chi connectivity index (χ2v) is 4.03. The highest BCUT2D eigenvalue weighted by molar-refractivity contribution is 6.30. The quantitative estimate of drug-likeness (QED) is 0.578. The van der Waals surface area contributed by atoms with E-state index in [1.807, 2.05) is 0 Å². The highest BCUT2D eigenvalue weighted by Crippen LogP contribution is 2.12. The summed E-state index contributed by atoms with van der Waals surface area (Å²) in [5, 5.41) is 0.605. The molecule has 1 aromatic carbocycles. The molecule has 0 saturated heterocycles. The first kappa shape index (κ1) is 13.7. The maximum atomic E-state index is 11.7. The van der Waals surface area contributed by atoms with Gasteiger partial charge in [0.1, 0.15) is 0 Å². The van der Waals surface area contributed by atoms with Crippen LogP contribution in [-0.4, -0.2) is 18.4 Å². The fourth-order valence-electron chi connectivity index (χ4n) is 1.41. The minimum atomic E-state index is -0.253. The lowest BCUT2D eigenvalue weighted by molar-refractivity contribution is -0.143. The third kappa shape index (κ3) is 5.00. The van der Waals surface area contributed by atoms with Crippen LogP contribution >= 0.6 is 11.6 Å². The molecule has 0 aliphatic rings. The van der Waals surface area contributed by atoms with Crippen molar-refractivity contribution < 1.29 is 14.3 Å². The molecular formula is C13H15ClO3. The fourth-order valence-corrected chi connectivity index (χ4v) is 1.53. The van der Waals surface area contributed by atoms with Gasteiger partial charge < -0.3 is 4.74 Å². The van der Waals surface area contributed by atoms with Crippen LogP contribution in [0.2, 0.25) is 5.02 Å². The summed E-state index contributed by atoms with van der Waals surface area (Å²) in [7, 11) is 0. The maximum Gasteiger partial charge on any atom is 0.305 e. The van der Waals surface area contributed by atoms with Crippen LogP contribution in [0.1, 0.15) is 36.5 Å². The van der Waals surface area contributed by atoms with Crippen molar-refractivity contribution in [2.24, 2.45) is 0 Å². The first-order valence-electron chi connectivity index (χ1n) is 5.58. The van der Waals surface area contributed by atoms with Crippen molar-refractivity contribution in [3.8, 4) is 0 Å². The zero-order valence-corrected chi connectivity index (χ0v) is 10.5. The number of esters is 1. The molecule has 0 bridgehead atoms. The Hall–Kier alpha value is -1.35. The van der Waals surface area contributed by atoms with Gasteiger partial charge in [0.05, 0.1) is 6.61 Å². The maximum absolute atomic E-state index is 11.7. The van der Waals surface area contributed by atoms with Crippen molar-refractivity contribution in [1.82, 2.24) is 0 Å². The smallest absolute Gasteiger partial charge is 0.305 e. The topological polar surface area (TPSA) is 43.4 Å². The molecule has 0 radical (unpaired) electrons. The van der Waals surface area contributed by atoms with Crippen LogP contribution in [0.15, 0.2) is 24.3 Å². The van der Waals surface area contributed by atoms with Gasteiger partial charge in [-0.25, -0.2) is 0 Å². The fraction of sp³-hybridized carbons (Fsp3) is 0.385. The van der Waals surface area contributed by atoms with Gasteiger partial charge >= 0.3 is 5.97 Å². The monoisotopic (exact) mass is 254 g/mol. The van der Waals surface area contributed by atoms with E-state index in [0.29, 0.717) is 30.0 Å². The number of hydrogen-bond donors (Lipinski definition) is 0. The molecule has 4 heteroatoms. The SMILES string of the molecule is CCOC(=O)CCCC(=O)c1ccc(Cl)cc1. The minimum absolute atomic E-state index is 0.0194. The van der Waals surface area contributed by atoms with Gasteiger partial charge in [0.2, 0.25) is 0 Å². The molecule has 0 saturated carbocycles. The minimum Gasteiger partial charge on any atom is -0.466 e. The highest BCUT2D eigenvalue weighted by Gasteiger charge is 2.07. The van der Waals surface area contributed by atoms with E-state index in [1.54, 1.807) is 31.2 Å². The molecule has 1 aromatic rings. The van der Waals surface area contributed by atoms with E-state index < -0.39 is 0 Å². The number of rotatable bonds is 6. The molecule has 0 fully saturated rings. The molecule has 17 heavy (non-hydrogen) atoms. The van der Waals surface area contributed by atoms with Gasteiger partial charge in [0, 0.05) is 23.4 Å². The third-order valence-corrected chi connectivity index (χ3v) is 2.51. The standard InChI is InChI=1S/C13H15ClO3/c1-2-17-13(16)5-3-4-12(15)10-6-8-11(14)9-7-10/h6-9H,2-5H2,1H3. The molecule has 1 rings (SSSR count). The van der Waals surface area contributed by atoms with Crippen molar-refractivity contribution in [2.45, 2.75) is 26.2 Å². The van der Waals surface area contributed by atoms with Crippen molar-refractivity contribution in [3.63, 3.8) is 0 Å². The average molecular weight is 255 g/mol. The molecular weight excluding hydrogens is 240 g/mol. The molecule has 0 N–H and O–H groups in total. The summed E-state index contributed by atoms with van der Waals surface area (Å²) < 4.78 is 4.78. The van der Waals surface area contributed by atoms with Crippen molar-refractivity contribution in [3.05, 3.63) is 34.9 Å². The second-order valence-electron chi connectivity index (χ2n) is 3.59. The third-order valence-electron chi connectivity index (χ3n) is 2.26. The zero-order valence-electron chi connectivity index (χ0n) is 9.74. The summed E-state index contributed by atoms with van der Waals surface area (Å²) in [6.07, 6.45) is 1.15. The van der Waals surface area contributed by atoms with Gasteiger partial charge in [-0.15, -0.1) is 0 Å². The Morgan fingerprint density at radius 3 is 2.41 bits per heavy atom. The van der Waals surface area contributed by atoms with Gasteiger partial charge in [0.15, 0.2) is 5.78 Å². The lowest BCUT2D eigenvalue weighted by Crippen LogP contribution is -2.05. The van der Waals surface area contributed by atoms with E-state index >= 15 is 0 Å². The molecule has 0 aliphatic heterocycles. The lowest BCUT2D eigenvalue weighted by Gasteiger charge is -2.02. The van der Waals surface area contributed by atoms with Gasteiger partial charge in [-0.2, -0.15) is 0 Å². The highest BCUT2D eigenvalue weighted by atomic mass is 35.5. The van der Waals surface area contributed by atoms with Crippen LogP contribution in [0.25, 0.3) is 0 Å². The first-order valence-corrected chi connectivity index (χ1v) is 5.95. The Bertz CT molecular complexity index is 384. The summed E-state index contributed by atoms with van der Waals surface area (Å²) in [5.41, 5.74) is 0.623. The molecule has 0 unspecified atom stereocenters. The molecule has 0 heterocycles. The molecule has 92 valence electrons. The number of benzene rings is 1. The Labute approximate surface area is 106 Å². The summed E-state index contributed by atoms with van der Waals surface area (Å²) in [5.74, 6) is -0.234. The summed E-state index contributed by atoms with van der Waals surface area (Å²) in [6, 6.07) is 6.74. The van der Waals surface area contributed by atoms with Crippen molar-refractivity contribution >= 4 is 23.4 Å². The number of ether oxygens (including phenoxy) is 1. The molecule has 0 amide bonds. The Balaban J connectivity index is 2.35. The van der Waals surface area contributed by atoms with E-state index in [-0.39, 0.29) is 18.2 Å². The summed E-state index contributed by atoms with van der Waals surface area (Å²) in [6.45, 7) is 2.14. The van der Waals surface area contributed by atoms with Crippen LogP contribution in [0.3, 0.4) is 0 Å². The van der Waals surface area contributed by atoms with Crippen LogP contribution in [0.4, 0.5) is 0 Å². The van der Waals surface area contributed by atoms with E-state index in [0.717, 1.165) is 0 Å². The molecule has 3 nitrogen and oxygen atoms in total. The van der Waals surface area contributed by atoms with Crippen LogP contribution < -0.4 is 0 Å². The number of halogens is 1. The first-order chi connectivity index (χ1) is 8.13. The molecule has 0 aliphatic carbocycles. The molecule has 0 spiro atoms. The van der Waals surface area contributed by atoms with Crippen LogP contribution in [0, 0.1) is 0 Å². The number of carbonyl (C=O) groups excluding carboxylic acids is 2. The zero-order chi connectivity index (χ0) is 12.7. The van der Waals surface area contributed by atoms with Crippen molar-refractivity contribution in [2.75, 3.05) is 6.61 Å². The van der Waals surface area contributed by atoms with Crippen LogP contribution in [0.5, 0.6) is 0 Å². The van der Waals surface area contributed by atoms with Gasteiger partial charge in [-0.1, -0.05) is 11.6 Å². The summed E-state index contributed by atoms with van der Waals surface area (Å²) >= 11 is 5.72. The van der Waals surface area contributed by atoms with E-state index in [1.165, 1.54) is 0 Å². The number of ketones is 1. The summed E-state index contributed by atoms with van der Waals surface area (Å²) in [4.78, 5) is 22.8. The Morgan fingerprint density at radius 1 is 1.18 bits per heavy atom. The predicted molar refractivity (Wildman–Crippen MR) is 66.3 cm³/mol. The van der Waals surface area contributed by atoms with Crippen LogP contribution in [-0.2, 0) is 9.53 Å². The predicted octanol–water partition coefficient (Wildman–Crippen LogP) is 3.26. The molecule has 0 atom stereocenters. The Kier molecular flexibility index (Phi) is 5.70. The number of carbonyl (C=O) groups is 2.